The number of alkyl halides is 1. The van der Waals surface area contributed by atoms with E-state index in [0.717, 1.165) is 7.86 Å². The minimum atomic E-state index is -1.89. The van der Waals surface area contributed by atoms with Gasteiger partial charge in [0.25, 0.3) is 0 Å². The van der Waals surface area contributed by atoms with Crippen LogP contribution in [0, 0.1) is 5.92 Å². The summed E-state index contributed by atoms with van der Waals surface area (Å²) in [6.45, 7) is 12.0. The predicted molar refractivity (Wildman–Crippen MR) is 102 cm³/mol. The molecule has 19 heavy (non-hydrogen) atoms. The first-order valence-corrected chi connectivity index (χ1v) is 17.6. The van der Waals surface area contributed by atoms with E-state index < -0.39 is 18.4 Å². The van der Waals surface area contributed by atoms with E-state index in [1.54, 1.807) is 13.3 Å². The molecule has 0 aromatic carbocycles. The second-order valence-corrected chi connectivity index (χ2v) is 25.7. The summed E-state index contributed by atoms with van der Waals surface area (Å²) in [5, 5.41) is 0. The maximum atomic E-state index is 2.88. The van der Waals surface area contributed by atoms with Gasteiger partial charge in [-0.05, 0) is 0 Å². The topological polar surface area (TPSA) is 0 Å². The third kappa shape index (κ3) is 8.53. The van der Waals surface area contributed by atoms with E-state index in [1.165, 1.54) is 44.9 Å². The average molecular weight is 487 g/mol. The summed E-state index contributed by atoms with van der Waals surface area (Å²) in [5.41, 5.74) is 0. The molecular formula is C17H37ISn. The van der Waals surface area contributed by atoms with Crippen molar-refractivity contribution in [3.8, 4) is 0 Å². The van der Waals surface area contributed by atoms with Gasteiger partial charge in [0.1, 0.15) is 0 Å². The third-order valence-electron chi connectivity index (χ3n) is 4.43. The molecule has 2 heteroatoms. The molecule has 0 aromatic rings. The van der Waals surface area contributed by atoms with Crippen molar-refractivity contribution in [1.29, 1.82) is 0 Å². The van der Waals surface area contributed by atoms with Crippen LogP contribution in [-0.2, 0) is 0 Å². The zero-order chi connectivity index (χ0) is 14.7. The molecule has 0 saturated carbocycles. The zero-order valence-corrected chi connectivity index (χ0v) is 19.1. The van der Waals surface area contributed by atoms with Gasteiger partial charge < -0.3 is 0 Å². The summed E-state index contributed by atoms with van der Waals surface area (Å²) in [6, 6.07) is 0. The van der Waals surface area contributed by atoms with E-state index in [0.29, 0.717) is 0 Å². The van der Waals surface area contributed by atoms with Crippen molar-refractivity contribution in [2.45, 2.75) is 94.8 Å². The Morgan fingerprint density at radius 3 is 1.42 bits per heavy atom. The van der Waals surface area contributed by atoms with E-state index in [-0.39, 0.29) is 0 Å². The summed E-state index contributed by atoms with van der Waals surface area (Å²) in [4.78, 5) is 0. The van der Waals surface area contributed by atoms with Gasteiger partial charge in [-0.2, -0.15) is 0 Å². The number of unbranched alkanes of at least 4 members (excludes halogenated alkanes) is 3. The summed E-state index contributed by atoms with van der Waals surface area (Å²) in [5.74, 6) is 0.892. The zero-order valence-electron chi connectivity index (χ0n) is 14.1. The van der Waals surface area contributed by atoms with Gasteiger partial charge in [-0.15, -0.1) is 0 Å². The Morgan fingerprint density at radius 2 is 1.16 bits per heavy atom. The summed E-state index contributed by atoms with van der Waals surface area (Å²) < 4.78 is 6.10. The summed E-state index contributed by atoms with van der Waals surface area (Å²) in [7, 11) is 0. The monoisotopic (exact) mass is 488 g/mol. The van der Waals surface area contributed by atoms with Gasteiger partial charge in [-0.1, -0.05) is 0 Å². The molecule has 0 nitrogen and oxygen atoms in total. The Balaban J connectivity index is 4.84. The second-order valence-electron chi connectivity index (χ2n) is 6.77. The van der Waals surface area contributed by atoms with Gasteiger partial charge in [-0.25, -0.2) is 0 Å². The summed E-state index contributed by atoms with van der Waals surface area (Å²) in [6.07, 6.45) is 10.3. The molecule has 0 bridgehead atoms. The van der Waals surface area contributed by atoms with Crippen molar-refractivity contribution >= 4 is 41.0 Å². The Bertz CT molecular complexity index is 182. The Labute approximate surface area is 140 Å². The van der Waals surface area contributed by atoms with Gasteiger partial charge >= 0.3 is 142 Å². The molecule has 1 atom stereocenters. The Morgan fingerprint density at radius 1 is 0.789 bits per heavy atom. The first-order valence-electron chi connectivity index (χ1n) is 8.66. The maximum absolute atomic E-state index is 2.88. The normalized spacial score (nSPS) is 14.1. The molecule has 116 valence electrons. The Kier molecular flexibility index (Phi) is 13.1. The number of rotatable bonds is 12. The molecule has 0 aliphatic carbocycles. The van der Waals surface area contributed by atoms with Gasteiger partial charge in [0, 0.05) is 0 Å². The van der Waals surface area contributed by atoms with E-state index >= 15 is 0 Å². The van der Waals surface area contributed by atoms with Crippen LogP contribution in [0.25, 0.3) is 0 Å². The van der Waals surface area contributed by atoms with Crippen molar-refractivity contribution in [3.63, 3.8) is 0 Å². The van der Waals surface area contributed by atoms with Crippen LogP contribution in [0.15, 0.2) is 0 Å². The van der Waals surface area contributed by atoms with Gasteiger partial charge in [0.2, 0.25) is 0 Å². The molecule has 0 rings (SSSR count). The third-order valence-corrected chi connectivity index (χ3v) is 29.8. The first kappa shape index (κ1) is 20.5. The van der Waals surface area contributed by atoms with Crippen LogP contribution in [0.5, 0.6) is 0 Å². The van der Waals surface area contributed by atoms with Crippen LogP contribution in [0.2, 0.25) is 13.3 Å². The van der Waals surface area contributed by atoms with Crippen molar-refractivity contribution in [1.82, 2.24) is 0 Å². The van der Waals surface area contributed by atoms with Crippen LogP contribution in [0.4, 0.5) is 0 Å². The van der Waals surface area contributed by atoms with Crippen LogP contribution < -0.4 is 0 Å². The van der Waals surface area contributed by atoms with Crippen molar-refractivity contribution in [2.75, 3.05) is 0 Å². The fourth-order valence-corrected chi connectivity index (χ4v) is 27.0. The van der Waals surface area contributed by atoms with Gasteiger partial charge in [0.05, 0.1) is 0 Å². The number of halogens is 1. The van der Waals surface area contributed by atoms with E-state index in [2.05, 4.69) is 57.2 Å². The van der Waals surface area contributed by atoms with Crippen LogP contribution in [-0.4, -0.2) is 20.3 Å². The molecule has 0 fully saturated rings. The fraction of sp³-hybridized carbons (Fsp3) is 1.00. The fourth-order valence-electron chi connectivity index (χ4n) is 3.10. The van der Waals surface area contributed by atoms with Crippen molar-refractivity contribution < 1.29 is 0 Å². The van der Waals surface area contributed by atoms with Crippen molar-refractivity contribution in [3.05, 3.63) is 0 Å². The Hall–Kier alpha value is 1.53. The molecule has 0 amide bonds. The first-order chi connectivity index (χ1) is 9.02. The summed E-state index contributed by atoms with van der Waals surface area (Å²) >= 11 is 0.991. The molecule has 0 unspecified atom stereocenters. The molecule has 0 N–H and O–H groups in total. The van der Waals surface area contributed by atoms with Crippen LogP contribution >= 0.6 is 22.6 Å². The van der Waals surface area contributed by atoms with Crippen molar-refractivity contribution in [2.24, 2.45) is 5.92 Å². The quantitative estimate of drug-likeness (QED) is 0.155. The molecule has 0 radical (unpaired) electrons. The molecule has 0 spiro atoms. The van der Waals surface area contributed by atoms with Crippen LogP contribution in [0.1, 0.15) is 79.6 Å². The molecular weight excluding hydrogens is 450 g/mol. The minimum absolute atomic E-state index is 0.892. The predicted octanol–water partition coefficient (Wildman–Crippen LogP) is 7.22. The van der Waals surface area contributed by atoms with E-state index in [1.807, 2.05) is 0 Å². The molecule has 0 saturated heterocycles. The standard InChI is InChI=1S/C5H10I.3C4H9.Sn/c1-5(2)3-4-6;3*1-3-4-2;/h4-5H,3H2,1-2H3;3*1,3-4H2,2H3;. The van der Waals surface area contributed by atoms with Gasteiger partial charge in [0.15, 0.2) is 0 Å². The van der Waals surface area contributed by atoms with E-state index in [9.17, 15) is 0 Å². The molecule has 0 heterocycles. The molecule has 0 aromatic heterocycles. The van der Waals surface area contributed by atoms with Crippen LogP contribution in [0.3, 0.4) is 0 Å². The van der Waals surface area contributed by atoms with E-state index in [4.69, 9.17) is 0 Å². The number of hydrogen-bond donors (Lipinski definition) is 0. The molecule has 0 aliphatic rings. The SMILES string of the molecule is CCC[CH2][Sn]([CH2]CCC)([CH2]CCC)[C@H](I)CC(C)C. The van der Waals surface area contributed by atoms with Gasteiger partial charge in [-0.3, -0.25) is 0 Å². The molecule has 0 aliphatic heterocycles. The number of hydrogen-bond acceptors (Lipinski definition) is 0. The second kappa shape index (κ2) is 12.1. The average Bonchev–Trinajstić information content (AvgIpc) is 2.37.